The van der Waals surface area contributed by atoms with E-state index in [9.17, 15) is 14.4 Å². The van der Waals surface area contributed by atoms with Crippen molar-refractivity contribution in [2.75, 3.05) is 0 Å². The van der Waals surface area contributed by atoms with Crippen molar-refractivity contribution in [3.05, 3.63) is 50.0 Å². The molecule has 132 valence electrons. The standard InChI is InChI=1S/C15H16ClN5O4/c16-8-6-17-15(18-7-8)25-10-3-1-9(2-4-10)19-13(23)11-5-12(22)21-14(24)20-11/h5-7,9-10H,1-4H2,(H,19,23)(H2,20,21,22,24). The Bertz CT molecular complexity index is 827. The molecule has 0 atom stereocenters. The van der Waals surface area contributed by atoms with E-state index in [4.69, 9.17) is 16.3 Å². The van der Waals surface area contributed by atoms with Crippen LogP contribution in [-0.4, -0.2) is 38.0 Å². The number of amides is 1. The molecule has 1 amide bonds. The van der Waals surface area contributed by atoms with Gasteiger partial charge in [0.1, 0.15) is 11.8 Å². The van der Waals surface area contributed by atoms with E-state index >= 15 is 0 Å². The minimum Gasteiger partial charge on any atom is -0.460 e. The zero-order chi connectivity index (χ0) is 17.8. The molecule has 3 rings (SSSR count). The highest BCUT2D eigenvalue weighted by Crippen LogP contribution is 2.22. The van der Waals surface area contributed by atoms with Crippen molar-refractivity contribution in [1.82, 2.24) is 25.3 Å². The Kier molecular flexibility index (Phi) is 5.13. The molecule has 0 aliphatic heterocycles. The molecule has 0 aromatic carbocycles. The fourth-order valence-electron chi connectivity index (χ4n) is 2.69. The molecule has 1 aliphatic rings. The molecule has 25 heavy (non-hydrogen) atoms. The fraction of sp³-hybridized carbons (Fsp3) is 0.400. The van der Waals surface area contributed by atoms with Crippen LogP contribution in [0.1, 0.15) is 36.2 Å². The van der Waals surface area contributed by atoms with Gasteiger partial charge in [0.15, 0.2) is 0 Å². The van der Waals surface area contributed by atoms with Gasteiger partial charge in [-0.25, -0.2) is 14.8 Å². The number of nitrogens with one attached hydrogen (secondary N) is 3. The van der Waals surface area contributed by atoms with Crippen molar-refractivity contribution >= 4 is 17.5 Å². The largest absolute Gasteiger partial charge is 0.460 e. The predicted molar refractivity (Wildman–Crippen MR) is 88.9 cm³/mol. The average molecular weight is 366 g/mol. The van der Waals surface area contributed by atoms with Gasteiger partial charge < -0.3 is 15.0 Å². The maximum absolute atomic E-state index is 12.1. The lowest BCUT2D eigenvalue weighted by Gasteiger charge is -2.28. The second-order valence-electron chi connectivity index (χ2n) is 5.75. The molecule has 2 heterocycles. The molecule has 0 radical (unpaired) electrons. The Balaban J connectivity index is 1.52. The van der Waals surface area contributed by atoms with Crippen LogP contribution in [0.3, 0.4) is 0 Å². The van der Waals surface area contributed by atoms with E-state index in [0.717, 1.165) is 18.9 Å². The van der Waals surface area contributed by atoms with Crippen LogP contribution in [0, 0.1) is 0 Å². The van der Waals surface area contributed by atoms with Crippen LogP contribution in [-0.2, 0) is 0 Å². The number of aromatic amines is 2. The number of nitrogens with zero attached hydrogens (tertiary/aromatic N) is 2. The van der Waals surface area contributed by atoms with Gasteiger partial charge >= 0.3 is 11.7 Å². The number of carbonyl (C=O) groups excluding carboxylic acids is 1. The fourth-order valence-corrected chi connectivity index (χ4v) is 2.79. The van der Waals surface area contributed by atoms with Gasteiger partial charge in [-0.2, -0.15) is 0 Å². The average Bonchev–Trinajstić information content (AvgIpc) is 2.58. The van der Waals surface area contributed by atoms with Crippen molar-refractivity contribution in [3.63, 3.8) is 0 Å². The van der Waals surface area contributed by atoms with E-state index in [1.807, 2.05) is 4.98 Å². The number of aromatic nitrogens is 4. The molecule has 0 unspecified atom stereocenters. The van der Waals surface area contributed by atoms with Crippen molar-refractivity contribution in [2.24, 2.45) is 0 Å². The Morgan fingerprint density at radius 1 is 1.16 bits per heavy atom. The number of H-pyrrole nitrogens is 2. The van der Waals surface area contributed by atoms with E-state index in [1.165, 1.54) is 12.4 Å². The van der Waals surface area contributed by atoms with Gasteiger partial charge in [-0.15, -0.1) is 0 Å². The van der Waals surface area contributed by atoms with Gasteiger partial charge in [-0.1, -0.05) is 11.6 Å². The lowest BCUT2D eigenvalue weighted by atomic mass is 9.93. The number of halogens is 1. The molecular formula is C15H16ClN5O4. The van der Waals surface area contributed by atoms with Gasteiger partial charge in [0.25, 0.3) is 11.5 Å². The Hall–Kier alpha value is -2.68. The number of ether oxygens (including phenoxy) is 1. The highest BCUT2D eigenvalue weighted by atomic mass is 35.5. The number of hydrogen-bond acceptors (Lipinski definition) is 6. The van der Waals surface area contributed by atoms with E-state index in [2.05, 4.69) is 20.3 Å². The van der Waals surface area contributed by atoms with Crippen LogP contribution in [0.25, 0.3) is 0 Å². The first-order valence-corrected chi connectivity index (χ1v) is 8.16. The number of carbonyl (C=O) groups is 1. The molecule has 9 nitrogen and oxygen atoms in total. The quantitative estimate of drug-likeness (QED) is 0.728. The van der Waals surface area contributed by atoms with Gasteiger partial charge in [0, 0.05) is 12.1 Å². The summed E-state index contributed by atoms with van der Waals surface area (Å²) in [6, 6.07) is 1.28. The lowest BCUT2D eigenvalue weighted by Crippen LogP contribution is -2.41. The minimum atomic E-state index is -0.710. The summed E-state index contributed by atoms with van der Waals surface area (Å²) in [5.74, 6) is -0.478. The van der Waals surface area contributed by atoms with Crippen LogP contribution in [0.2, 0.25) is 5.02 Å². The zero-order valence-corrected chi connectivity index (χ0v) is 13.9. The summed E-state index contributed by atoms with van der Waals surface area (Å²) in [6.07, 6.45) is 5.77. The summed E-state index contributed by atoms with van der Waals surface area (Å²) in [7, 11) is 0. The van der Waals surface area contributed by atoms with Crippen LogP contribution >= 0.6 is 11.6 Å². The highest BCUT2D eigenvalue weighted by Gasteiger charge is 2.24. The first kappa shape index (κ1) is 17.2. The third-order valence-electron chi connectivity index (χ3n) is 3.88. The normalized spacial score (nSPS) is 20.0. The second-order valence-corrected chi connectivity index (χ2v) is 6.19. The van der Waals surface area contributed by atoms with Gasteiger partial charge in [0.2, 0.25) is 0 Å². The third-order valence-corrected chi connectivity index (χ3v) is 4.08. The molecule has 0 bridgehead atoms. The van der Waals surface area contributed by atoms with Crippen molar-refractivity contribution in [2.45, 2.75) is 37.8 Å². The monoisotopic (exact) mass is 365 g/mol. The Morgan fingerprint density at radius 3 is 2.48 bits per heavy atom. The van der Waals surface area contributed by atoms with Crippen molar-refractivity contribution in [3.8, 4) is 6.01 Å². The van der Waals surface area contributed by atoms with Crippen LogP contribution < -0.4 is 21.3 Å². The SMILES string of the molecule is O=C(NC1CCC(Oc2ncc(Cl)cn2)CC1)c1cc(=O)[nH]c(=O)[nH]1. The number of hydrogen-bond donors (Lipinski definition) is 3. The molecule has 0 spiro atoms. The molecule has 0 saturated heterocycles. The summed E-state index contributed by atoms with van der Waals surface area (Å²) in [5.41, 5.74) is -1.38. The molecule has 1 saturated carbocycles. The Morgan fingerprint density at radius 2 is 1.84 bits per heavy atom. The minimum absolute atomic E-state index is 0.0336. The maximum atomic E-state index is 12.1. The maximum Gasteiger partial charge on any atom is 0.326 e. The van der Waals surface area contributed by atoms with Crippen molar-refractivity contribution < 1.29 is 9.53 Å². The van der Waals surface area contributed by atoms with E-state index in [0.29, 0.717) is 17.9 Å². The van der Waals surface area contributed by atoms with Gasteiger partial charge in [-0.3, -0.25) is 14.6 Å². The predicted octanol–water partition coefficient (Wildman–Crippen LogP) is 0.627. The summed E-state index contributed by atoms with van der Waals surface area (Å²) in [6.45, 7) is 0. The highest BCUT2D eigenvalue weighted by molar-refractivity contribution is 6.30. The summed E-state index contributed by atoms with van der Waals surface area (Å²) >= 11 is 5.73. The van der Waals surface area contributed by atoms with E-state index in [1.54, 1.807) is 0 Å². The smallest absolute Gasteiger partial charge is 0.326 e. The van der Waals surface area contributed by atoms with Crippen LogP contribution in [0.15, 0.2) is 28.0 Å². The van der Waals surface area contributed by atoms with Gasteiger partial charge in [0.05, 0.1) is 17.4 Å². The molecule has 1 fully saturated rings. The summed E-state index contributed by atoms with van der Waals surface area (Å²) in [4.78, 5) is 46.9. The molecule has 2 aromatic heterocycles. The first-order chi connectivity index (χ1) is 12.0. The van der Waals surface area contributed by atoms with Crippen LogP contribution in [0.5, 0.6) is 6.01 Å². The zero-order valence-electron chi connectivity index (χ0n) is 13.1. The Labute approximate surface area is 146 Å². The molecule has 1 aliphatic carbocycles. The second kappa shape index (κ2) is 7.47. The molecule has 3 N–H and O–H groups in total. The first-order valence-electron chi connectivity index (χ1n) is 7.78. The number of rotatable bonds is 4. The topological polar surface area (TPSA) is 130 Å². The van der Waals surface area contributed by atoms with E-state index < -0.39 is 17.2 Å². The van der Waals surface area contributed by atoms with Crippen molar-refractivity contribution in [1.29, 1.82) is 0 Å². The summed E-state index contributed by atoms with van der Waals surface area (Å²) < 4.78 is 5.69. The third kappa shape index (κ3) is 4.66. The molecule has 2 aromatic rings. The van der Waals surface area contributed by atoms with E-state index in [-0.39, 0.29) is 23.9 Å². The lowest BCUT2D eigenvalue weighted by molar-refractivity contribution is 0.0880. The van der Waals surface area contributed by atoms with Crippen LogP contribution in [0.4, 0.5) is 0 Å². The summed E-state index contributed by atoms with van der Waals surface area (Å²) in [5, 5.41) is 3.26. The van der Waals surface area contributed by atoms with Gasteiger partial charge in [-0.05, 0) is 25.7 Å². The molecule has 10 heteroatoms. The molecular weight excluding hydrogens is 350 g/mol.